The molecular formula is C8H11BrN4O. The van der Waals surface area contributed by atoms with Crippen molar-refractivity contribution in [3.63, 3.8) is 0 Å². The summed E-state index contributed by atoms with van der Waals surface area (Å²) in [5.41, 5.74) is 1.54. The molecule has 76 valence electrons. The van der Waals surface area contributed by atoms with Gasteiger partial charge in [-0.3, -0.25) is 10.1 Å². The van der Waals surface area contributed by atoms with Crippen molar-refractivity contribution in [3.05, 3.63) is 11.4 Å². The van der Waals surface area contributed by atoms with Crippen LogP contribution in [0.3, 0.4) is 0 Å². The van der Waals surface area contributed by atoms with Crippen molar-refractivity contribution in [2.45, 2.75) is 20.3 Å². The normalized spacial score (nSPS) is 9.93. The first-order valence-electron chi connectivity index (χ1n) is 4.17. The van der Waals surface area contributed by atoms with Crippen LogP contribution < -0.4 is 5.32 Å². The van der Waals surface area contributed by atoms with Gasteiger partial charge in [0.05, 0.1) is 11.4 Å². The summed E-state index contributed by atoms with van der Waals surface area (Å²) in [5.74, 6) is 0.144. The summed E-state index contributed by atoms with van der Waals surface area (Å²) in [7, 11) is 0. The van der Waals surface area contributed by atoms with Gasteiger partial charge in [-0.1, -0.05) is 15.9 Å². The second-order valence-corrected chi connectivity index (χ2v) is 3.59. The third kappa shape index (κ3) is 3.02. The van der Waals surface area contributed by atoms with E-state index in [4.69, 9.17) is 0 Å². The van der Waals surface area contributed by atoms with Gasteiger partial charge in [0.1, 0.15) is 0 Å². The second-order valence-electron chi connectivity index (χ2n) is 2.79. The van der Waals surface area contributed by atoms with Gasteiger partial charge in [0, 0.05) is 11.8 Å². The van der Waals surface area contributed by atoms with Gasteiger partial charge in [0.2, 0.25) is 11.9 Å². The summed E-state index contributed by atoms with van der Waals surface area (Å²) in [4.78, 5) is 15.2. The van der Waals surface area contributed by atoms with E-state index in [1.807, 2.05) is 13.8 Å². The fourth-order valence-corrected chi connectivity index (χ4v) is 1.14. The van der Waals surface area contributed by atoms with Crippen LogP contribution in [0.15, 0.2) is 0 Å². The van der Waals surface area contributed by atoms with E-state index >= 15 is 0 Å². The standard InChI is InChI=1S/C8H11BrN4O/c1-5-6(2)12-13-8(10-5)11-7(14)3-4-9/h3-4H2,1-2H3,(H,10,11,13,14). The van der Waals surface area contributed by atoms with Crippen LogP contribution in [0.5, 0.6) is 0 Å². The summed E-state index contributed by atoms with van der Waals surface area (Å²) in [5, 5.41) is 10.8. The number of amides is 1. The van der Waals surface area contributed by atoms with Crippen molar-refractivity contribution >= 4 is 27.8 Å². The molecule has 1 N–H and O–H groups in total. The number of alkyl halides is 1. The van der Waals surface area contributed by atoms with Gasteiger partial charge >= 0.3 is 0 Å². The Morgan fingerprint density at radius 2 is 2.07 bits per heavy atom. The zero-order chi connectivity index (χ0) is 10.6. The molecule has 0 aromatic carbocycles. The van der Waals surface area contributed by atoms with Gasteiger partial charge in [-0.15, -0.1) is 5.10 Å². The van der Waals surface area contributed by atoms with Gasteiger partial charge in [-0.05, 0) is 13.8 Å². The minimum Gasteiger partial charge on any atom is -0.293 e. The van der Waals surface area contributed by atoms with Crippen LogP contribution in [0, 0.1) is 13.8 Å². The van der Waals surface area contributed by atoms with E-state index in [1.54, 1.807) is 0 Å². The van der Waals surface area contributed by atoms with Crippen LogP contribution in [0.25, 0.3) is 0 Å². The minimum atomic E-state index is -0.119. The second kappa shape index (κ2) is 4.99. The van der Waals surface area contributed by atoms with E-state index in [0.29, 0.717) is 11.8 Å². The Balaban J connectivity index is 2.68. The Labute approximate surface area is 90.5 Å². The molecular weight excluding hydrogens is 248 g/mol. The number of carbonyl (C=O) groups is 1. The minimum absolute atomic E-state index is 0.119. The highest BCUT2D eigenvalue weighted by atomic mass is 79.9. The number of anilines is 1. The van der Waals surface area contributed by atoms with E-state index in [-0.39, 0.29) is 11.9 Å². The predicted molar refractivity (Wildman–Crippen MR) is 56.3 cm³/mol. The Bertz CT molecular complexity index is 342. The van der Waals surface area contributed by atoms with Crippen LogP contribution in [-0.2, 0) is 4.79 Å². The number of rotatable bonds is 3. The maximum atomic E-state index is 11.2. The maximum absolute atomic E-state index is 11.2. The SMILES string of the molecule is Cc1nnc(NC(=O)CCBr)nc1C. The lowest BCUT2D eigenvalue weighted by molar-refractivity contribution is -0.115. The third-order valence-electron chi connectivity index (χ3n) is 1.66. The first-order chi connectivity index (χ1) is 6.63. The molecule has 0 spiro atoms. The number of hydrogen-bond acceptors (Lipinski definition) is 4. The summed E-state index contributed by atoms with van der Waals surface area (Å²) >= 11 is 3.17. The van der Waals surface area contributed by atoms with Crippen molar-refractivity contribution < 1.29 is 4.79 Å². The highest BCUT2D eigenvalue weighted by molar-refractivity contribution is 9.09. The number of halogens is 1. The summed E-state index contributed by atoms with van der Waals surface area (Å²) in [6, 6.07) is 0. The van der Waals surface area contributed by atoms with Crippen molar-refractivity contribution in [2.24, 2.45) is 0 Å². The van der Waals surface area contributed by atoms with Gasteiger partial charge in [0.25, 0.3) is 0 Å². The molecule has 0 bridgehead atoms. The van der Waals surface area contributed by atoms with Gasteiger partial charge in [-0.25, -0.2) is 4.98 Å². The largest absolute Gasteiger partial charge is 0.293 e. The van der Waals surface area contributed by atoms with Gasteiger partial charge in [0.15, 0.2) is 0 Å². The van der Waals surface area contributed by atoms with E-state index in [0.717, 1.165) is 11.4 Å². The topological polar surface area (TPSA) is 67.8 Å². The first-order valence-corrected chi connectivity index (χ1v) is 5.29. The van der Waals surface area contributed by atoms with Crippen molar-refractivity contribution in [3.8, 4) is 0 Å². The number of carbonyl (C=O) groups excluding carboxylic acids is 1. The van der Waals surface area contributed by atoms with E-state index in [1.165, 1.54) is 0 Å². The molecule has 0 aliphatic heterocycles. The maximum Gasteiger partial charge on any atom is 0.249 e. The summed E-state index contributed by atoms with van der Waals surface area (Å²) in [6.45, 7) is 3.64. The monoisotopic (exact) mass is 258 g/mol. The fourth-order valence-electron chi connectivity index (χ4n) is 0.783. The number of aromatic nitrogens is 3. The summed E-state index contributed by atoms with van der Waals surface area (Å²) in [6.07, 6.45) is 0.399. The fraction of sp³-hybridized carbons (Fsp3) is 0.500. The highest BCUT2D eigenvalue weighted by Gasteiger charge is 2.05. The van der Waals surface area contributed by atoms with Gasteiger partial charge < -0.3 is 0 Å². The zero-order valence-corrected chi connectivity index (χ0v) is 9.63. The molecule has 1 heterocycles. The first kappa shape index (κ1) is 11.0. The number of aryl methyl sites for hydroxylation is 2. The van der Waals surface area contributed by atoms with E-state index in [2.05, 4.69) is 36.4 Å². The Morgan fingerprint density at radius 3 is 2.64 bits per heavy atom. The van der Waals surface area contributed by atoms with E-state index in [9.17, 15) is 4.79 Å². The van der Waals surface area contributed by atoms with Crippen LogP contribution >= 0.6 is 15.9 Å². The van der Waals surface area contributed by atoms with Crippen molar-refractivity contribution in [1.29, 1.82) is 0 Å². The van der Waals surface area contributed by atoms with Crippen LogP contribution in [0.1, 0.15) is 17.8 Å². The molecule has 0 atom stereocenters. The Hall–Kier alpha value is -1.04. The van der Waals surface area contributed by atoms with Crippen LogP contribution in [-0.4, -0.2) is 26.4 Å². The molecule has 1 rings (SSSR count). The van der Waals surface area contributed by atoms with Crippen LogP contribution in [0.4, 0.5) is 5.95 Å². The molecule has 0 aliphatic carbocycles. The molecule has 5 nitrogen and oxygen atoms in total. The zero-order valence-electron chi connectivity index (χ0n) is 8.04. The molecule has 6 heteroatoms. The third-order valence-corrected chi connectivity index (χ3v) is 2.06. The van der Waals surface area contributed by atoms with E-state index < -0.39 is 0 Å². The highest BCUT2D eigenvalue weighted by Crippen LogP contribution is 2.02. The smallest absolute Gasteiger partial charge is 0.249 e. The molecule has 1 aromatic rings. The molecule has 0 saturated carbocycles. The lowest BCUT2D eigenvalue weighted by Gasteiger charge is -2.02. The van der Waals surface area contributed by atoms with Crippen LogP contribution in [0.2, 0.25) is 0 Å². The molecule has 0 unspecified atom stereocenters. The Kier molecular flexibility index (Phi) is 3.94. The Morgan fingerprint density at radius 1 is 1.36 bits per heavy atom. The average Bonchev–Trinajstić information content (AvgIpc) is 2.12. The van der Waals surface area contributed by atoms with Crippen molar-refractivity contribution in [2.75, 3.05) is 10.6 Å². The molecule has 0 saturated heterocycles. The quantitative estimate of drug-likeness (QED) is 0.828. The lowest BCUT2D eigenvalue weighted by atomic mass is 10.4. The predicted octanol–water partition coefficient (Wildman–Crippen LogP) is 1.21. The average molecular weight is 259 g/mol. The van der Waals surface area contributed by atoms with Crippen molar-refractivity contribution in [1.82, 2.24) is 15.2 Å². The number of nitrogens with one attached hydrogen (secondary N) is 1. The molecule has 0 aliphatic rings. The number of nitrogens with zero attached hydrogens (tertiary/aromatic N) is 3. The number of hydrogen-bond donors (Lipinski definition) is 1. The molecule has 1 amide bonds. The summed E-state index contributed by atoms with van der Waals surface area (Å²) < 4.78 is 0. The molecule has 14 heavy (non-hydrogen) atoms. The lowest BCUT2D eigenvalue weighted by Crippen LogP contribution is -2.15. The van der Waals surface area contributed by atoms with Gasteiger partial charge in [-0.2, -0.15) is 5.10 Å². The molecule has 1 aromatic heterocycles. The molecule has 0 fully saturated rings. The molecule has 0 radical (unpaired) electrons.